The van der Waals surface area contributed by atoms with Gasteiger partial charge in [-0.1, -0.05) is 18.2 Å². The molecule has 28 heavy (non-hydrogen) atoms. The van der Waals surface area contributed by atoms with Gasteiger partial charge in [0.05, 0.1) is 19.2 Å². The van der Waals surface area contributed by atoms with Crippen molar-refractivity contribution in [2.24, 2.45) is 0 Å². The molecule has 8 heteroatoms. The van der Waals surface area contributed by atoms with Crippen LogP contribution in [0.15, 0.2) is 48.7 Å². The maximum absolute atomic E-state index is 12.5. The van der Waals surface area contributed by atoms with Crippen LogP contribution in [-0.2, 0) is 27.2 Å². The Balaban J connectivity index is 1.61. The minimum absolute atomic E-state index is 0.00898. The molecule has 146 valence electrons. The lowest BCUT2D eigenvalue weighted by atomic mass is 10.1. The number of rotatable bonds is 7. The molecule has 0 spiro atoms. The quantitative estimate of drug-likeness (QED) is 0.729. The molecule has 2 aromatic rings. The van der Waals surface area contributed by atoms with E-state index in [1.54, 1.807) is 30.5 Å². The standard InChI is InChI=1S/C20H21N3O5/c1-27-19(25)15-6-4-5-14(11-15)12-23-17(13-28-20(23)26)18(24)22-10-8-16-7-2-3-9-21-16/h2-7,9,11,17H,8,10,12-13H2,1H3,(H,22,24)/t17-/m0/s1. The van der Waals surface area contributed by atoms with Crippen molar-refractivity contribution in [1.29, 1.82) is 0 Å². The van der Waals surface area contributed by atoms with E-state index in [4.69, 9.17) is 9.47 Å². The van der Waals surface area contributed by atoms with Crippen molar-refractivity contribution in [3.05, 3.63) is 65.5 Å². The molecule has 1 aromatic heterocycles. The van der Waals surface area contributed by atoms with Gasteiger partial charge >= 0.3 is 12.1 Å². The number of pyridine rings is 1. The Morgan fingerprint density at radius 1 is 1.29 bits per heavy atom. The van der Waals surface area contributed by atoms with Crippen molar-refractivity contribution < 1.29 is 23.9 Å². The Hall–Kier alpha value is -3.42. The van der Waals surface area contributed by atoms with Crippen LogP contribution in [0.2, 0.25) is 0 Å². The van der Waals surface area contributed by atoms with Gasteiger partial charge in [0.25, 0.3) is 0 Å². The van der Waals surface area contributed by atoms with E-state index in [1.165, 1.54) is 12.0 Å². The number of nitrogens with zero attached hydrogens (tertiary/aromatic N) is 2. The number of cyclic esters (lactones) is 1. The van der Waals surface area contributed by atoms with E-state index < -0.39 is 18.1 Å². The second-order valence-corrected chi connectivity index (χ2v) is 6.27. The summed E-state index contributed by atoms with van der Waals surface area (Å²) in [6.07, 6.45) is 1.73. The molecule has 3 rings (SSSR count). The third-order valence-electron chi connectivity index (χ3n) is 4.39. The number of hydrogen-bond acceptors (Lipinski definition) is 6. The van der Waals surface area contributed by atoms with Gasteiger partial charge in [0.15, 0.2) is 0 Å². The second kappa shape index (κ2) is 8.98. The van der Waals surface area contributed by atoms with Gasteiger partial charge in [-0.3, -0.25) is 14.7 Å². The van der Waals surface area contributed by atoms with Crippen LogP contribution >= 0.6 is 0 Å². The first kappa shape index (κ1) is 19.3. The number of carbonyl (C=O) groups is 3. The number of carbonyl (C=O) groups excluding carboxylic acids is 3. The van der Waals surface area contributed by atoms with E-state index in [0.29, 0.717) is 24.1 Å². The Labute approximate surface area is 162 Å². The molecule has 1 N–H and O–H groups in total. The van der Waals surface area contributed by atoms with Gasteiger partial charge in [0, 0.05) is 24.9 Å². The van der Waals surface area contributed by atoms with Crippen LogP contribution < -0.4 is 5.32 Å². The maximum Gasteiger partial charge on any atom is 0.410 e. The first-order valence-electron chi connectivity index (χ1n) is 8.87. The zero-order valence-electron chi connectivity index (χ0n) is 15.5. The molecular weight excluding hydrogens is 362 g/mol. The number of methoxy groups -OCH3 is 1. The van der Waals surface area contributed by atoms with E-state index in [2.05, 4.69) is 10.3 Å². The molecule has 8 nitrogen and oxygen atoms in total. The molecule has 2 amide bonds. The fourth-order valence-corrected chi connectivity index (χ4v) is 2.93. The summed E-state index contributed by atoms with van der Waals surface area (Å²) in [6.45, 7) is 0.555. The summed E-state index contributed by atoms with van der Waals surface area (Å²) in [7, 11) is 1.30. The Bertz CT molecular complexity index is 856. The summed E-state index contributed by atoms with van der Waals surface area (Å²) >= 11 is 0. The molecule has 0 saturated carbocycles. The number of nitrogens with one attached hydrogen (secondary N) is 1. The molecule has 1 saturated heterocycles. The number of aromatic nitrogens is 1. The minimum Gasteiger partial charge on any atom is -0.465 e. The molecular formula is C20H21N3O5. The predicted octanol–water partition coefficient (Wildman–Crippen LogP) is 1.55. The minimum atomic E-state index is -0.724. The highest BCUT2D eigenvalue weighted by Crippen LogP contribution is 2.18. The van der Waals surface area contributed by atoms with Gasteiger partial charge in [-0.25, -0.2) is 9.59 Å². The van der Waals surface area contributed by atoms with Crippen LogP contribution in [0, 0.1) is 0 Å². The van der Waals surface area contributed by atoms with Crippen LogP contribution in [0.3, 0.4) is 0 Å². The first-order chi connectivity index (χ1) is 13.6. The smallest absolute Gasteiger partial charge is 0.410 e. The fraction of sp³-hybridized carbons (Fsp3) is 0.300. The molecule has 0 aliphatic carbocycles. The van der Waals surface area contributed by atoms with Crippen LogP contribution in [-0.4, -0.2) is 54.2 Å². The number of ether oxygens (including phenoxy) is 2. The third-order valence-corrected chi connectivity index (χ3v) is 4.39. The van der Waals surface area contributed by atoms with E-state index in [1.807, 2.05) is 18.2 Å². The number of hydrogen-bond donors (Lipinski definition) is 1. The van der Waals surface area contributed by atoms with E-state index in [9.17, 15) is 14.4 Å². The van der Waals surface area contributed by atoms with E-state index >= 15 is 0 Å². The molecule has 0 unspecified atom stereocenters. The lowest BCUT2D eigenvalue weighted by Crippen LogP contribution is -2.45. The number of amides is 2. The Morgan fingerprint density at radius 3 is 2.89 bits per heavy atom. The van der Waals surface area contributed by atoms with Gasteiger partial charge in [-0.05, 0) is 29.8 Å². The molecule has 1 aliphatic heterocycles. The highest BCUT2D eigenvalue weighted by atomic mass is 16.6. The summed E-state index contributed by atoms with van der Waals surface area (Å²) < 4.78 is 9.77. The monoisotopic (exact) mass is 383 g/mol. The largest absolute Gasteiger partial charge is 0.465 e. The van der Waals surface area contributed by atoms with Crippen LogP contribution in [0.5, 0.6) is 0 Å². The summed E-state index contributed by atoms with van der Waals surface area (Å²) in [6, 6.07) is 11.6. The average Bonchev–Trinajstić information content (AvgIpc) is 3.08. The lowest BCUT2D eigenvalue weighted by Gasteiger charge is -2.21. The number of esters is 1. The predicted molar refractivity (Wildman–Crippen MR) is 99.4 cm³/mol. The van der Waals surface area contributed by atoms with Gasteiger partial charge < -0.3 is 14.8 Å². The van der Waals surface area contributed by atoms with Crippen LogP contribution in [0.1, 0.15) is 21.6 Å². The van der Waals surface area contributed by atoms with Crippen molar-refractivity contribution >= 4 is 18.0 Å². The highest BCUT2D eigenvalue weighted by Gasteiger charge is 2.37. The fourth-order valence-electron chi connectivity index (χ4n) is 2.93. The SMILES string of the molecule is COC(=O)c1cccc(CN2C(=O)OC[C@H]2C(=O)NCCc2ccccn2)c1. The van der Waals surface area contributed by atoms with Crippen molar-refractivity contribution in [2.75, 3.05) is 20.3 Å². The van der Waals surface area contributed by atoms with Crippen LogP contribution in [0.25, 0.3) is 0 Å². The average molecular weight is 383 g/mol. The van der Waals surface area contributed by atoms with Gasteiger partial charge in [0.2, 0.25) is 5.91 Å². The molecule has 1 aliphatic rings. The van der Waals surface area contributed by atoms with E-state index in [0.717, 1.165) is 5.69 Å². The summed E-state index contributed by atoms with van der Waals surface area (Å²) in [5, 5.41) is 2.82. The van der Waals surface area contributed by atoms with Crippen molar-refractivity contribution in [3.8, 4) is 0 Å². The summed E-state index contributed by atoms with van der Waals surface area (Å²) in [5.41, 5.74) is 1.95. The normalized spacial score (nSPS) is 15.8. The summed E-state index contributed by atoms with van der Waals surface area (Å²) in [5.74, 6) is -0.749. The van der Waals surface area contributed by atoms with Gasteiger partial charge in [-0.15, -0.1) is 0 Å². The number of benzene rings is 1. The first-order valence-corrected chi connectivity index (χ1v) is 8.87. The molecule has 1 fully saturated rings. The van der Waals surface area contributed by atoms with Gasteiger partial charge in [-0.2, -0.15) is 0 Å². The zero-order chi connectivity index (χ0) is 19.9. The maximum atomic E-state index is 12.5. The Kier molecular flexibility index (Phi) is 6.21. The second-order valence-electron chi connectivity index (χ2n) is 6.27. The van der Waals surface area contributed by atoms with Gasteiger partial charge in [0.1, 0.15) is 12.6 Å². The third kappa shape index (κ3) is 4.64. The zero-order valence-corrected chi connectivity index (χ0v) is 15.5. The highest BCUT2D eigenvalue weighted by molar-refractivity contribution is 5.90. The topological polar surface area (TPSA) is 97.8 Å². The molecule has 0 bridgehead atoms. The Morgan fingerprint density at radius 2 is 2.14 bits per heavy atom. The van der Waals surface area contributed by atoms with Crippen molar-refractivity contribution in [3.63, 3.8) is 0 Å². The molecule has 0 radical (unpaired) electrons. The van der Waals surface area contributed by atoms with Crippen LogP contribution in [0.4, 0.5) is 4.79 Å². The van der Waals surface area contributed by atoms with Crippen molar-refractivity contribution in [2.45, 2.75) is 19.0 Å². The lowest BCUT2D eigenvalue weighted by molar-refractivity contribution is -0.124. The molecule has 2 heterocycles. The van der Waals surface area contributed by atoms with E-state index in [-0.39, 0.29) is 19.1 Å². The van der Waals surface area contributed by atoms with Crippen molar-refractivity contribution in [1.82, 2.24) is 15.2 Å². The molecule has 1 atom stereocenters. The molecule has 1 aromatic carbocycles. The summed E-state index contributed by atoms with van der Waals surface area (Å²) in [4.78, 5) is 41.8.